The Balaban J connectivity index is 3.11. The summed E-state index contributed by atoms with van der Waals surface area (Å²) in [5.74, 6) is 0.624. The molecule has 1 aromatic rings. The van der Waals surface area contributed by atoms with Crippen LogP contribution in [0.5, 0.6) is 5.75 Å². The number of benzene rings is 1. The van der Waals surface area contributed by atoms with Crippen LogP contribution in [-0.4, -0.2) is 24.8 Å². The van der Waals surface area contributed by atoms with Crippen molar-refractivity contribution in [2.75, 3.05) is 13.2 Å². The Hall–Kier alpha value is -2.27. The highest BCUT2D eigenvalue weighted by atomic mass is 16.5. The van der Waals surface area contributed by atoms with Gasteiger partial charge in [0, 0.05) is 24.3 Å². The summed E-state index contributed by atoms with van der Waals surface area (Å²) in [6.45, 7) is 6.95. The van der Waals surface area contributed by atoms with Gasteiger partial charge in [-0.2, -0.15) is 0 Å². The summed E-state index contributed by atoms with van der Waals surface area (Å²) in [6.07, 6.45) is 0.427. The fraction of sp³-hybridized carbons (Fsp3) is 0.353. The molecule has 3 N–H and O–H groups in total. The number of rotatable bonds is 8. The number of carbonyl (C=O) groups excluding carboxylic acids is 1. The molecule has 0 aliphatic carbocycles. The second-order valence-corrected chi connectivity index (χ2v) is 4.77. The maximum absolute atomic E-state index is 10.6. The van der Waals surface area contributed by atoms with Gasteiger partial charge in [-0.1, -0.05) is 12.1 Å². The summed E-state index contributed by atoms with van der Waals surface area (Å²) < 4.78 is 10.2. The molecular weight excluding hydrogens is 282 g/mol. The van der Waals surface area contributed by atoms with Gasteiger partial charge in [-0.3, -0.25) is 4.79 Å². The monoisotopic (exact) mass is 305 g/mol. The zero-order chi connectivity index (χ0) is 16.5. The Morgan fingerprint density at radius 1 is 1.27 bits per heavy atom. The van der Waals surface area contributed by atoms with Crippen molar-refractivity contribution >= 4 is 12.2 Å². The van der Waals surface area contributed by atoms with Gasteiger partial charge in [0.05, 0.1) is 12.4 Å². The van der Waals surface area contributed by atoms with Gasteiger partial charge in [0.15, 0.2) is 0 Å². The molecule has 0 amide bonds. The van der Waals surface area contributed by atoms with Crippen LogP contribution in [0.25, 0.3) is 5.70 Å². The normalized spacial score (nSPS) is 13.2. The molecule has 0 aliphatic rings. The molecule has 0 aliphatic heterocycles. The Morgan fingerprint density at radius 3 is 2.59 bits per heavy atom. The lowest BCUT2D eigenvalue weighted by atomic mass is 10.00. The third-order valence-electron chi connectivity index (χ3n) is 3.44. The molecular formula is C17H23NO4. The minimum absolute atomic E-state index is 0.239. The van der Waals surface area contributed by atoms with Crippen LogP contribution in [0.2, 0.25) is 0 Å². The topological polar surface area (TPSA) is 81.8 Å². The van der Waals surface area contributed by atoms with E-state index in [0.29, 0.717) is 48.7 Å². The molecule has 0 atom stereocenters. The van der Waals surface area contributed by atoms with E-state index in [1.807, 2.05) is 13.8 Å². The van der Waals surface area contributed by atoms with Crippen molar-refractivity contribution in [1.29, 1.82) is 0 Å². The van der Waals surface area contributed by atoms with Crippen molar-refractivity contribution < 1.29 is 19.4 Å². The average molecular weight is 305 g/mol. The van der Waals surface area contributed by atoms with Gasteiger partial charge in [0.2, 0.25) is 0 Å². The van der Waals surface area contributed by atoms with Crippen LogP contribution in [0.15, 0.2) is 41.2 Å². The van der Waals surface area contributed by atoms with Gasteiger partial charge in [-0.05, 0) is 44.1 Å². The lowest BCUT2D eigenvalue weighted by Gasteiger charge is -2.13. The molecule has 1 rings (SSSR count). The zero-order valence-electron chi connectivity index (χ0n) is 13.3. The SMILES string of the molecule is CCOCC/C(O)=C(C)/C(C)=C(\N)c1ccccc1OC=O. The van der Waals surface area contributed by atoms with Crippen molar-refractivity contribution in [3.8, 4) is 5.75 Å². The Labute approximate surface area is 131 Å². The minimum atomic E-state index is 0.239. The minimum Gasteiger partial charge on any atom is -0.512 e. The highest BCUT2D eigenvalue weighted by Gasteiger charge is 2.12. The van der Waals surface area contributed by atoms with Crippen LogP contribution in [0.3, 0.4) is 0 Å². The first-order valence-corrected chi connectivity index (χ1v) is 7.15. The summed E-state index contributed by atoms with van der Waals surface area (Å²) in [5, 5.41) is 10.1. The van der Waals surface area contributed by atoms with Crippen molar-refractivity contribution in [3.63, 3.8) is 0 Å². The van der Waals surface area contributed by atoms with Gasteiger partial charge in [-0.25, -0.2) is 0 Å². The first-order chi connectivity index (χ1) is 10.5. The average Bonchev–Trinajstić information content (AvgIpc) is 2.53. The molecule has 0 heterocycles. The molecule has 5 nitrogen and oxygen atoms in total. The molecule has 0 fully saturated rings. The largest absolute Gasteiger partial charge is 0.512 e. The summed E-state index contributed by atoms with van der Waals surface area (Å²) in [5.41, 5.74) is 8.67. The molecule has 0 aromatic heterocycles. The summed E-state index contributed by atoms with van der Waals surface area (Å²) in [6, 6.07) is 6.99. The van der Waals surface area contributed by atoms with Gasteiger partial charge in [0.1, 0.15) is 5.75 Å². The summed E-state index contributed by atoms with van der Waals surface area (Å²) >= 11 is 0. The quantitative estimate of drug-likeness (QED) is 0.334. The number of hydrogen-bond donors (Lipinski definition) is 2. The summed E-state index contributed by atoms with van der Waals surface area (Å²) in [7, 11) is 0. The highest BCUT2D eigenvalue weighted by Crippen LogP contribution is 2.28. The molecule has 0 unspecified atom stereocenters. The second-order valence-electron chi connectivity index (χ2n) is 4.77. The fourth-order valence-electron chi connectivity index (χ4n) is 1.96. The maximum atomic E-state index is 10.6. The molecule has 1 aromatic carbocycles. The number of nitrogens with two attached hydrogens (primary N) is 1. The number of allylic oxidation sites excluding steroid dienone is 2. The van der Waals surface area contributed by atoms with E-state index < -0.39 is 0 Å². The molecule has 0 saturated heterocycles. The Morgan fingerprint density at radius 2 is 1.95 bits per heavy atom. The smallest absolute Gasteiger partial charge is 0.298 e. The van der Waals surface area contributed by atoms with Crippen molar-refractivity contribution in [2.24, 2.45) is 5.73 Å². The van der Waals surface area contributed by atoms with Crippen LogP contribution >= 0.6 is 0 Å². The molecule has 5 heteroatoms. The van der Waals surface area contributed by atoms with E-state index in [-0.39, 0.29) is 5.76 Å². The predicted octanol–water partition coefficient (Wildman–Crippen LogP) is 3.17. The Bertz CT molecular complexity index is 576. The second kappa shape index (κ2) is 8.89. The van der Waals surface area contributed by atoms with Crippen LogP contribution in [0, 0.1) is 0 Å². The first-order valence-electron chi connectivity index (χ1n) is 7.15. The van der Waals surface area contributed by atoms with E-state index in [1.54, 1.807) is 31.2 Å². The molecule has 0 saturated carbocycles. The lowest BCUT2D eigenvalue weighted by Crippen LogP contribution is -2.05. The van der Waals surface area contributed by atoms with Crippen molar-refractivity contribution in [3.05, 3.63) is 46.7 Å². The van der Waals surface area contributed by atoms with E-state index in [4.69, 9.17) is 15.2 Å². The lowest BCUT2D eigenvalue weighted by molar-refractivity contribution is -0.120. The van der Waals surface area contributed by atoms with Gasteiger partial charge in [-0.15, -0.1) is 0 Å². The number of aliphatic hydroxyl groups excluding tert-OH is 1. The van der Waals surface area contributed by atoms with Crippen LogP contribution in [0.4, 0.5) is 0 Å². The number of ether oxygens (including phenoxy) is 2. The molecule has 0 bridgehead atoms. The zero-order valence-corrected chi connectivity index (χ0v) is 13.3. The van der Waals surface area contributed by atoms with Crippen LogP contribution in [-0.2, 0) is 9.53 Å². The predicted molar refractivity (Wildman–Crippen MR) is 86.4 cm³/mol. The van der Waals surface area contributed by atoms with Gasteiger partial charge >= 0.3 is 0 Å². The standard InChI is InChI=1S/C17H23NO4/c1-4-21-10-9-15(20)12(2)13(3)17(18)14-7-5-6-8-16(14)22-11-19/h5-8,11,20H,4,9-10,18H2,1-3H3/b15-12-,17-13-. The van der Waals surface area contributed by atoms with Crippen molar-refractivity contribution in [2.45, 2.75) is 27.2 Å². The van der Waals surface area contributed by atoms with E-state index in [9.17, 15) is 9.90 Å². The van der Waals surface area contributed by atoms with E-state index in [2.05, 4.69) is 0 Å². The van der Waals surface area contributed by atoms with Gasteiger partial charge < -0.3 is 20.3 Å². The van der Waals surface area contributed by atoms with E-state index in [0.717, 1.165) is 5.57 Å². The van der Waals surface area contributed by atoms with Crippen LogP contribution < -0.4 is 10.5 Å². The fourth-order valence-corrected chi connectivity index (χ4v) is 1.96. The first kappa shape index (κ1) is 17.8. The Kier molecular flexibility index (Phi) is 7.19. The number of hydrogen-bond acceptors (Lipinski definition) is 5. The van der Waals surface area contributed by atoms with Crippen molar-refractivity contribution in [1.82, 2.24) is 0 Å². The third-order valence-corrected chi connectivity index (χ3v) is 3.44. The summed E-state index contributed by atoms with van der Waals surface area (Å²) in [4.78, 5) is 10.6. The molecule has 0 spiro atoms. The molecule has 22 heavy (non-hydrogen) atoms. The highest BCUT2D eigenvalue weighted by molar-refractivity contribution is 5.74. The van der Waals surface area contributed by atoms with E-state index >= 15 is 0 Å². The number of aliphatic hydroxyl groups is 1. The maximum Gasteiger partial charge on any atom is 0.298 e. The molecule has 120 valence electrons. The van der Waals surface area contributed by atoms with E-state index in [1.165, 1.54) is 0 Å². The third kappa shape index (κ3) is 4.63. The van der Waals surface area contributed by atoms with Crippen LogP contribution in [0.1, 0.15) is 32.8 Å². The number of carbonyl (C=O) groups is 1. The van der Waals surface area contributed by atoms with Gasteiger partial charge in [0.25, 0.3) is 6.47 Å². The number of para-hydroxylation sites is 1. The molecule has 0 radical (unpaired) electrons.